The SMILES string of the molecule is Cc1ccc(NC(=O)CSc2nnc3c4c5c(sc4nc(C)n23)COC(C)(C)C5)cc1. The van der Waals surface area contributed by atoms with Gasteiger partial charge in [-0.25, -0.2) is 4.98 Å². The van der Waals surface area contributed by atoms with Crippen LogP contribution < -0.4 is 5.32 Å². The zero-order chi connectivity index (χ0) is 21.8. The minimum Gasteiger partial charge on any atom is -0.370 e. The largest absolute Gasteiger partial charge is 0.370 e. The fourth-order valence-corrected chi connectivity index (χ4v) is 5.75. The smallest absolute Gasteiger partial charge is 0.234 e. The van der Waals surface area contributed by atoms with Crippen molar-refractivity contribution < 1.29 is 9.53 Å². The van der Waals surface area contributed by atoms with Crippen LogP contribution in [0.2, 0.25) is 0 Å². The number of thioether (sulfide) groups is 1. The third-order valence-corrected chi connectivity index (χ3v) is 7.41. The molecule has 0 bridgehead atoms. The van der Waals surface area contributed by atoms with E-state index in [1.54, 1.807) is 11.3 Å². The topological polar surface area (TPSA) is 81.4 Å². The number of carbonyl (C=O) groups excluding carboxylic acids is 1. The van der Waals surface area contributed by atoms with Gasteiger partial charge in [-0.05, 0) is 45.4 Å². The summed E-state index contributed by atoms with van der Waals surface area (Å²) in [5, 5.41) is 13.5. The lowest BCUT2D eigenvalue weighted by Crippen LogP contribution is -2.31. The molecular formula is C22H23N5O2S2. The summed E-state index contributed by atoms with van der Waals surface area (Å²) in [4.78, 5) is 19.4. The van der Waals surface area contributed by atoms with Gasteiger partial charge in [0.1, 0.15) is 10.7 Å². The van der Waals surface area contributed by atoms with Gasteiger partial charge in [-0.15, -0.1) is 21.5 Å². The molecule has 1 amide bonds. The van der Waals surface area contributed by atoms with Crippen molar-refractivity contribution in [2.45, 2.75) is 51.5 Å². The fraction of sp³-hybridized carbons (Fsp3) is 0.364. The lowest BCUT2D eigenvalue weighted by Gasteiger charge is -2.30. The Kier molecular flexibility index (Phi) is 4.99. The molecule has 9 heteroatoms. The Labute approximate surface area is 188 Å². The Balaban J connectivity index is 1.44. The van der Waals surface area contributed by atoms with Gasteiger partial charge >= 0.3 is 0 Å². The van der Waals surface area contributed by atoms with E-state index >= 15 is 0 Å². The molecule has 1 aliphatic heterocycles. The normalized spacial score (nSPS) is 15.4. The summed E-state index contributed by atoms with van der Waals surface area (Å²) in [5.74, 6) is 0.978. The average molecular weight is 454 g/mol. The summed E-state index contributed by atoms with van der Waals surface area (Å²) in [7, 11) is 0. The zero-order valence-corrected chi connectivity index (χ0v) is 19.5. The molecule has 0 fully saturated rings. The number of rotatable bonds is 4. The van der Waals surface area contributed by atoms with Crippen molar-refractivity contribution in [1.29, 1.82) is 0 Å². The van der Waals surface area contributed by atoms with Crippen LogP contribution in [-0.2, 0) is 22.6 Å². The van der Waals surface area contributed by atoms with E-state index in [0.29, 0.717) is 11.8 Å². The first-order valence-electron chi connectivity index (χ1n) is 10.1. The quantitative estimate of drug-likeness (QED) is 0.457. The maximum Gasteiger partial charge on any atom is 0.234 e. The summed E-state index contributed by atoms with van der Waals surface area (Å²) in [5.41, 5.74) is 3.79. The van der Waals surface area contributed by atoms with E-state index in [9.17, 15) is 4.79 Å². The number of aromatic nitrogens is 4. The number of anilines is 1. The van der Waals surface area contributed by atoms with Crippen LogP contribution in [0.15, 0.2) is 29.4 Å². The Hall–Kier alpha value is -2.49. The minimum atomic E-state index is -0.214. The molecule has 3 aromatic heterocycles. The van der Waals surface area contributed by atoms with Gasteiger partial charge in [0, 0.05) is 17.0 Å². The number of hydrogen-bond donors (Lipinski definition) is 1. The lowest BCUT2D eigenvalue weighted by molar-refractivity contribution is -0.113. The van der Waals surface area contributed by atoms with Gasteiger partial charge in [0.25, 0.3) is 0 Å². The van der Waals surface area contributed by atoms with Gasteiger partial charge in [0.2, 0.25) is 5.91 Å². The van der Waals surface area contributed by atoms with Crippen LogP contribution in [0.5, 0.6) is 0 Å². The Morgan fingerprint density at radius 2 is 2.03 bits per heavy atom. The van der Waals surface area contributed by atoms with Crippen molar-refractivity contribution >= 4 is 50.6 Å². The molecule has 0 unspecified atom stereocenters. The third kappa shape index (κ3) is 3.81. The van der Waals surface area contributed by atoms with Crippen molar-refractivity contribution in [3.63, 3.8) is 0 Å². The summed E-state index contributed by atoms with van der Waals surface area (Å²) >= 11 is 3.04. The van der Waals surface area contributed by atoms with Crippen molar-refractivity contribution in [3.05, 3.63) is 46.1 Å². The average Bonchev–Trinajstić information content (AvgIpc) is 3.28. The molecule has 0 saturated carbocycles. The van der Waals surface area contributed by atoms with Gasteiger partial charge in [-0.3, -0.25) is 9.20 Å². The van der Waals surface area contributed by atoms with E-state index in [0.717, 1.165) is 39.4 Å². The number of benzene rings is 1. The number of hydrogen-bond acceptors (Lipinski definition) is 7. The number of carbonyl (C=O) groups is 1. The molecule has 0 spiro atoms. The van der Waals surface area contributed by atoms with Crippen molar-refractivity contribution in [3.8, 4) is 0 Å². The number of aryl methyl sites for hydroxylation is 2. The second-order valence-electron chi connectivity index (χ2n) is 8.41. The molecule has 0 atom stereocenters. The molecule has 7 nitrogen and oxygen atoms in total. The number of nitrogens with zero attached hydrogens (tertiary/aromatic N) is 4. The number of amides is 1. The van der Waals surface area contributed by atoms with Crippen LogP contribution in [0.25, 0.3) is 15.9 Å². The second-order valence-corrected chi connectivity index (χ2v) is 10.4. The molecule has 0 radical (unpaired) electrons. The fourth-order valence-electron chi connectivity index (χ4n) is 3.83. The van der Waals surface area contributed by atoms with E-state index in [2.05, 4.69) is 29.4 Å². The van der Waals surface area contributed by atoms with E-state index in [4.69, 9.17) is 9.72 Å². The first kappa shape index (κ1) is 20.4. The maximum atomic E-state index is 12.4. The van der Waals surface area contributed by atoms with Crippen LogP contribution in [0, 0.1) is 13.8 Å². The highest BCUT2D eigenvalue weighted by Crippen LogP contribution is 2.40. The van der Waals surface area contributed by atoms with Crippen LogP contribution >= 0.6 is 23.1 Å². The summed E-state index contributed by atoms with van der Waals surface area (Å²) < 4.78 is 7.94. The third-order valence-electron chi connectivity index (χ3n) is 5.38. The highest BCUT2D eigenvalue weighted by Gasteiger charge is 2.31. The molecule has 1 aromatic carbocycles. The molecule has 31 heavy (non-hydrogen) atoms. The van der Waals surface area contributed by atoms with Crippen LogP contribution in [0.4, 0.5) is 5.69 Å². The molecular weight excluding hydrogens is 430 g/mol. The molecule has 1 N–H and O–H groups in total. The summed E-state index contributed by atoms with van der Waals surface area (Å²) in [6.45, 7) is 8.78. The number of ether oxygens (including phenoxy) is 1. The summed E-state index contributed by atoms with van der Waals surface area (Å²) in [6, 6.07) is 7.76. The predicted molar refractivity (Wildman–Crippen MR) is 124 cm³/mol. The van der Waals surface area contributed by atoms with Gasteiger partial charge in [0.05, 0.1) is 23.3 Å². The van der Waals surface area contributed by atoms with Gasteiger partial charge in [-0.1, -0.05) is 29.5 Å². The van der Waals surface area contributed by atoms with Crippen molar-refractivity contribution in [2.24, 2.45) is 0 Å². The van der Waals surface area contributed by atoms with Crippen LogP contribution in [-0.4, -0.2) is 36.8 Å². The predicted octanol–water partition coefficient (Wildman–Crippen LogP) is 4.54. The number of thiophene rings is 1. The molecule has 0 saturated heterocycles. The molecule has 160 valence electrons. The maximum absolute atomic E-state index is 12.4. The zero-order valence-electron chi connectivity index (χ0n) is 17.9. The van der Waals surface area contributed by atoms with E-state index < -0.39 is 0 Å². The van der Waals surface area contributed by atoms with Gasteiger partial charge in [0.15, 0.2) is 10.8 Å². The lowest BCUT2D eigenvalue weighted by atomic mass is 9.94. The monoisotopic (exact) mass is 453 g/mol. The highest BCUT2D eigenvalue weighted by molar-refractivity contribution is 7.99. The Bertz CT molecular complexity index is 1310. The Morgan fingerprint density at radius 1 is 1.26 bits per heavy atom. The molecule has 4 aromatic rings. The molecule has 0 aliphatic carbocycles. The van der Waals surface area contributed by atoms with Gasteiger partial charge < -0.3 is 10.1 Å². The first-order valence-corrected chi connectivity index (χ1v) is 11.9. The molecule has 1 aliphatic rings. The Morgan fingerprint density at radius 3 is 2.81 bits per heavy atom. The second kappa shape index (κ2) is 7.58. The van der Waals surface area contributed by atoms with Crippen molar-refractivity contribution in [1.82, 2.24) is 19.6 Å². The molecule has 4 heterocycles. The van der Waals surface area contributed by atoms with Gasteiger partial charge in [-0.2, -0.15) is 0 Å². The van der Waals surface area contributed by atoms with E-state index in [-0.39, 0.29) is 17.3 Å². The van der Waals surface area contributed by atoms with E-state index in [1.165, 1.54) is 22.2 Å². The minimum absolute atomic E-state index is 0.0795. The van der Waals surface area contributed by atoms with E-state index in [1.807, 2.05) is 42.5 Å². The number of fused-ring (bicyclic) bond motifs is 5. The van der Waals surface area contributed by atoms with Crippen molar-refractivity contribution in [2.75, 3.05) is 11.1 Å². The first-order chi connectivity index (χ1) is 14.8. The summed E-state index contributed by atoms with van der Waals surface area (Å²) in [6.07, 6.45) is 0.816. The highest BCUT2D eigenvalue weighted by atomic mass is 32.2. The number of nitrogens with one attached hydrogen (secondary N) is 1. The molecule has 5 rings (SSSR count). The standard InChI is InChI=1S/C22H23N5O2S2/c1-12-5-7-14(8-6-12)24-17(28)11-30-21-26-25-19-18-15-9-22(3,4)29-10-16(15)31-20(18)23-13(2)27(19)21/h5-8H,9-11H2,1-4H3,(H,24,28). The van der Waals surface area contributed by atoms with Crippen LogP contribution in [0.1, 0.15) is 35.7 Å². The van der Waals surface area contributed by atoms with Crippen LogP contribution in [0.3, 0.4) is 0 Å².